The second kappa shape index (κ2) is 9.28. The summed E-state index contributed by atoms with van der Waals surface area (Å²) in [4.78, 5) is 22.1. The summed E-state index contributed by atoms with van der Waals surface area (Å²) in [6.07, 6.45) is 5.53. The Balaban J connectivity index is 1.47. The van der Waals surface area contributed by atoms with E-state index in [9.17, 15) is 4.79 Å². The van der Waals surface area contributed by atoms with Crippen molar-refractivity contribution in [2.24, 2.45) is 0 Å². The van der Waals surface area contributed by atoms with Crippen molar-refractivity contribution in [1.82, 2.24) is 15.3 Å². The smallest absolute Gasteiger partial charge is 0.220 e. The molecule has 0 spiro atoms. The Morgan fingerprint density at radius 2 is 2.11 bits per heavy atom. The molecular weight excluding hydrogens is 358 g/mol. The van der Waals surface area contributed by atoms with E-state index < -0.39 is 0 Å². The fourth-order valence-electron chi connectivity index (χ4n) is 2.76. The van der Waals surface area contributed by atoms with Crippen molar-refractivity contribution in [3.8, 4) is 16.3 Å². The molecule has 5 nitrogen and oxygen atoms in total. The van der Waals surface area contributed by atoms with Gasteiger partial charge in [0.05, 0.1) is 12.8 Å². The van der Waals surface area contributed by atoms with Crippen LogP contribution in [0.1, 0.15) is 22.6 Å². The van der Waals surface area contributed by atoms with Gasteiger partial charge in [-0.15, -0.1) is 11.3 Å². The topological polar surface area (TPSA) is 64.1 Å². The number of thiazole rings is 1. The standard InChI is InChI=1S/C21H23N3O2S/c1-15-19(27-21(24-15)17-6-4-11-22-14-17)10-12-23-20(25)9-8-16-5-3-7-18(13-16)26-2/h3-7,11,13-14H,8-10,12H2,1-2H3,(H,23,25). The summed E-state index contributed by atoms with van der Waals surface area (Å²) in [5.41, 5.74) is 3.15. The van der Waals surface area contributed by atoms with Crippen molar-refractivity contribution in [2.45, 2.75) is 26.2 Å². The minimum atomic E-state index is 0.0625. The maximum absolute atomic E-state index is 12.1. The zero-order valence-electron chi connectivity index (χ0n) is 15.6. The van der Waals surface area contributed by atoms with Gasteiger partial charge in [0.2, 0.25) is 5.91 Å². The Morgan fingerprint density at radius 1 is 1.22 bits per heavy atom. The van der Waals surface area contributed by atoms with Crippen LogP contribution in [0.5, 0.6) is 5.75 Å². The monoisotopic (exact) mass is 381 g/mol. The molecule has 3 aromatic rings. The average Bonchev–Trinajstić information content (AvgIpc) is 3.08. The normalized spacial score (nSPS) is 10.6. The third-order valence-corrected chi connectivity index (χ3v) is 5.52. The van der Waals surface area contributed by atoms with Crippen molar-refractivity contribution < 1.29 is 9.53 Å². The van der Waals surface area contributed by atoms with Crippen LogP contribution in [-0.2, 0) is 17.6 Å². The first-order valence-corrected chi connectivity index (χ1v) is 9.73. The molecule has 1 aromatic carbocycles. The van der Waals surface area contributed by atoms with E-state index in [1.54, 1.807) is 24.6 Å². The number of aromatic nitrogens is 2. The van der Waals surface area contributed by atoms with Crippen molar-refractivity contribution >= 4 is 17.2 Å². The molecule has 0 unspecified atom stereocenters. The molecule has 0 aliphatic carbocycles. The number of benzene rings is 1. The first-order valence-electron chi connectivity index (χ1n) is 8.92. The highest BCUT2D eigenvalue weighted by Gasteiger charge is 2.10. The molecule has 0 saturated heterocycles. The number of hydrogen-bond donors (Lipinski definition) is 1. The molecule has 0 bridgehead atoms. The number of nitrogens with one attached hydrogen (secondary N) is 1. The molecule has 140 valence electrons. The molecule has 1 amide bonds. The zero-order valence-corrected chi connectivity index (χ0v) is 16.4. The number of nitrogens with zero attached hydrogens (tertiary/aromatic N) is 2. The van der Waals surface area contributed by atoms with Gasteiger partial charge < -0.3 is 10.1 Å². The summed E-state index contributed by atoms with van der Waals surface area (Å²) in [5, 5.41) is 3.97. The number of pyridine rings is 1. The van der Waals surface area contributed by atoms with Gasteiger partial charge in [-0.25, -0.2) is 4.98 Å². The van der Waals surface area contributed by atoms with E-state index in [0.717, 1.165) is 34.0 Å². The summed E-state index contributed by atoms with van der Waals surface area (Å²) in [7, 11) is 1.65. The van der Waals surface area contributed by atoms with Gasteiger partial charge >= 0.3 is 0 Å². The largest absolute Gasteiger partial charge is 0.497 e. The molecular formula is C21H23N3O2S. The molecule has 0 aliphatic rings. The highest BCUT2D eigenvalue weighted by Crippen LogP contribution is 2.27. The zero-order chi connectivity index (χ0) is 19.1. The summed E-state index contributed by atoms with van der Waals surface area (Å²) >= 11 is 1.66. The number of methoxy groups -OCH3 is 1. The Hall–Kier alpha value is -2.73. The third kappa shape index (κ3) is 5.37. The first-order chi connectivity index (χ1) is 13.2. The number of aryl methyl sites for hydroxylation is 2. The molecule has 0 aliphatic heterocycles. The van der Waals surface area contributed by atoms with E-state index in [4.69, 9.17) is 4.74 Å². The Morgan fingerprint density at radius 3 is 2.89 bits per heavy atom. The molecule has 0 atom stereocenters. The highest BCUT2D eigenvalue weighted by atomic mass is 32.1. The van der Waals surface area contributed by atoms with E-state index in [0.29, 0.717) is 19.4 Å². The van der Waals surface area contributed by atoms with Gasteiger partial charge in [0.25, 0.3) is 0 Å². The number of carbonyl (C=O) groups is 1. The summed E-state index contributed by atoms with van der Waals surface area (Å²) < 4.78 is 5.21. The van der Waals surface area contributed by atoms with Gasteiger partial charge in [-0.05, 0) is 43.2 Å². The molecule has 0 radical (unpaired) electrons. The van der Waals surface area contributed by atoms with Crippen molar-refractivity contribution in [1.29, 1.82) is 0 Å². The summed E-state index contributed by atoms with van der Waals surface area (Å²) in [5.74, 6) is 0.880. The van der Waals surface area contributed by atoms with Gasteiger partial charge in [0.15, 0.2) is 0 Å². The third-order valence-electron chi connectivity index (χ3n) is 4.25. The molecule has 1 N–H and O–H groups in total. The number of ether oxygens (including phenoxy) is 1. The van der Waals surface area contributed by atoms with Crippen LogP contribution in [0.2, 0.25) is 0 Å². The van der Waals surface area contributed by atoms with E-state index in [1.165, 1.54) is 4.88 Å². The lowest BCUT2D eigenvalue weighted by molar-refractivity contribution is -0.121. The number of carbonyl (C=O) groups excluding carboxylic acids is 1. The van der Waals surface area contributed by atoms with E-state index in [-0.39, 0.29) is 5.91 Å². The quantitative estimate of drug-likeness (QED) is 0.644. The van der Waals surface area contributed by atoms with Crippen LogP contribution >= 0.6 is 11.3 Å². The predicted octanol–water partition coefficient (Wildman–Crippen LogP) is 3.81. The second-order valence-electron chi connectivity index (χ2n) is 6.22. The van der Waals surface area contributed by atoms with Crippen LogP contribution in [0.4, 0.5) is 0 Å². The fourth-order valence-corrected chi connectivity index (χ4v) is 3.81. The van der Waals surface area contributed by atoms with E-state index in [2.05, 4.69) is 15.3 Å². The molecule has 27 heavy (non-hydrogen) atoms. The van der Waals surface area contributed by atoms with Gasteiger partial charge in [0.1, 0.15) is 10.8 Å². The first kappa shape index (κ1) is 19.0. The highest BCUT2D eigenvalue weighted by molar-refractivity contribution is 7.15. The Kier molecular flexibility index (Phi) is 6.54. The molecule has 6 heteroatoms. The SMILES string of the molecule is COc1cccc(CCC(=O)NCCc2sc(-c3cccnc3)nc2C)c1. The Labute approximate surface area is 163 Å². The number of amides is 1. The number of rotatable bonds is 8. The average molecular weight is 382 g/mol. The minimum Gasteiger partial charge on any atom is -0.497 e. The maximum Gasteiger partial charge on any atom is 0.220 e. The van der Waals surface area contributed by atoms with Crippen LogP contribution in [0, 0.1) is 6.92 Å². The minimum absolute atomic E-state index is 0.0625. The lowest BCUT2D eigenvalue weighted by Crippen LogP contribution is -2.25. The van der Waals surface area contributed by atoms with Crippen LogP contribution in [-0.4, -0.2) is 29.5 Å². The molecule has 0 saturated carbocycles. The van der Waals surface area contributed by atoms with E-state index >= 15 is 0 Å². The van der Waals surface area contributed by atoms with Crippen LogP contribution in [0.15, 0.2) is 48.8 Å². The van der Waals surface area contributed by atoms with Crippen LogP contribution < -0.4 is 10.1 Å². The summed E-state index contributed by atoms with van der Waals surface area (Å²) in [6, 6.07) is 11.7. The Bertz CT molecular complexity index is 893. The number of hydrogen-bond acceptors (Lipinski definition) is 5. The van der Waals surface area contributed by atoms with Gasteiger partial charge in [-0.1, -0.05) is 12.1 Å². The summed E-state index contributed by atoms with van der Waals surface area (Å²) in [6.45, 7) is 2.63. The molecule has 2 heterocycles. The van der Waals surface area contributed by atoms with Crippen LogP contribution in [0.3, 0.4) is 0 Å². The van der Waals surface area contributed by atoms with Gasteiger partial charge in [0, 0.05) is 42.2 Å². The van der Waals surface area contributed by atoms with Gasteiger partial charge in [-0.3, -0.25) is 9.78 Å². The maximum atomic E-state index is 12.1. The molecule has 2 aromatic heterocycles. The van der Waals surface area contributed by atoms with Crippen LogP contribution in [0.25, 0.3) is 10.6 Å². The lowest BCUT2D eigenvalue weighted by Gasteiger charge is -2.06. The van der Waals surface area contributed by atoms with Gasteiger partial charge in [-0.2, -0.15) is 0 Å². The lowest BCUT2D eigenvalue weighted by atomic mass is 10.1. The molecule has 0 fully saturated rings. The van der Waals surface area contributed by atoms with Crippen molar-refractivity contribution in [3.63, 3.8) is 0 Å². The predicted molar refractivity (Wildman–Crippen MR) is 108 cm³/mol. The van der Waals surface area contributed by atoms with Crippen molar-refractivity contribution in [2.75, 3.05) is 13.7 Å². The van der Waals surface area contributed by atoms with E-state index in [1.807, 2.05) is 49.5 Å². The fraction of sp³-hybridized carbons (Fsp3) is 0.286. The molecule has 3 rings (SSSR count). The van der Waals surface area contributed by atoms with Crippen molar-refractivity contribution in [3.05, 3.63) is 64.9 Å². The second-order valence-corrected chi connectivity index (χ2v) is 7.30.